The summed E-state index contributed by atoms with van der Waals surface area (Å²) in [7, 11) is 0. The summed E-state index contributed by atoms with van der Waals surface area (Å²) in [5, 5.41) is 6.37. The molecule has 0 bridgehead atoms. The van der Waals surface area contributed by atoms with E-state index in [1.54, 1.807) is 27.7 Å². The zero-order valence-electron chi connectivity index (χ0n) is 15.8. The number of hydrogen-bond acceptors (Lipinski definition) is 5. The number of ether oxygens (including phenoxy) is 1. The molecule has 0 aromatic carbocycles. The third kappa shape index (κ3) is 4.75. The molecule has 0 aliphatic carbocycles. The second-order valence-corrected chi connectivity index (χ2v) is 8.41. The molecule has 0 aliphatic rings. The Bertz CT molecular complexity index is 919. The van der Waals surface area contributed by atoms with Crippen LogP contribution in [-0.2, 0) is 22.3 Å². The highest BCUT2D eigenvalue weighted by Gasteiger charge is 2.38. The zero-order chi connectivity index (χ0) is 21.4. The number of esters is 1. The molecule has 6 nitrogen and oxygen atoms in total. The number of anilines is 1. The van der Waals surface area contributed by atoms with Crippen molar-refractivity contribution in [3.05, 3.63) is 31.9 Å². The maximum atomic E-state index is 13.0. The van der Waals surface area contributed by atoms with Gasteiger partial charge in [-0.15, -0.1) is 11.3 Å². The fourth-order valence-electron chi connectivity index (χ4n) is 2.40. The fourth-order valence-corrected chi connectivity index (χ4v) is 3.97. The molecule has 0 aliphatic heterocycles. The average molecular weight is 482 g/mol. The summed E-state index contributed by atoms with van der Waals surface area (Å²) >= 11 is 4.07. The van der Waals surface area contributed by atoms with Crippen LogP contribution in [-0.4, -0.2) is 27.8 Å². The molecule has 0 radical (unpaired) electrons. The van der Waals surface area contributed by atoms with Crippen LogP contribution in [0.1, 0.15) is 46.0 Å². The summed E-state index contributed by atoms with van der Waals surface area (Å²) in [6, 6.07) is 0. The summed E-state index contributed by atoms with van der Waals surface area (Å²) in [5.41, 5.74) is 0.00416. The third-order valence-electron chi connectivity index (χ3n) is 3.88. The van der Waals surface area contributed by atoms with Crippen molar-refractivity contribution >= 4 is 44.1 Å². The Balaban J connectivity index is 2.25. The van der Waals surface area contributed by atoms with Gasteiger partial charge in [-0.25, -0.2) is 4.79 Å². The maximum Gasteiger partial charge on any atom is 0.436 e. The van der Waals surface area contributed by atoms with E-state index in [0.29, 0.717) is 10.6 Å². The molecule has 0 spiro atoms. The van der Waals surface area contributed by atoms with Crippen LogP contribution in [0.4, 0.5) is 18.2 Å². The first kappa shape index (κ1) is 22.4. The monoisotopic (exact) mass is 481 g/mol. The van der Waals surface area contributed by atoms with E-state index in [9.17, 15) is 22.8 Å². The lowest BCUT2D eigenvalue weighted by Gasteiger charge is -2.11. The fraction of sp³-hybridized carbons (Fsp3) is 0.471. The van der Waals surface area contributed by atoms with Crippen molar-refractivity contribution in [1.29, 1.82) is 0 Å². The van der Waals surface area contributed by atoms with Crippen molar-refractivity contribution in [3.8, 4) is 0 Å². The molecular formula is C17H19BrF3N3O3S. The van der Waals surface area contributed by atoms with Gasteiger partial charge in [0.2, 0.25) is 5.91 Å². The molecule has 0 saturated heterocycles. The van der Waals surface area contributed by atoms with Gasteiger partial charge in [0.05, 0.1) is 21.8 Å². The standard InChI is InChI=1S/C17H19BrF3N3O3S/c1-7(2)27-16(26)12-8(3)10(5)28-15(12)22-11(25)6-24-9(4)13(18)14(23-24)17(19,20)21/h7H,6H2,1-5H3,(H,22,25). The molecule has 28 heavy (non-hydrogen) atoms. The molecule has 2 heterocycles. The molecule has 0 atom stereocenters. The molecule has 1 N–H and O–H groups in total. The Kier molecular flexibility index (Phi) is 6.59. The highest BCUT2D eigenvalue weighted by Crippen LogP contribution is 2.36. The Labute approximate surface area is 172 Å². The van der Waals surface area contributed by atoms with E-state index in [4.69, 9.17) is 4.74 Å². The molecule has 1 amide bonds. The van der Waals surface area contributed by atoms with Gasteiger partial charge >= 0.3 is 12.1 Å². The van der Waals surface area contributed by atoms with E-state index in [0.717, 1.165) is 9.56 Å². The predicted octanol–water partition coefficient (Wildman–Crippen LogP) is 4.86. The summed E-state index contributed by atoms with van der Waals surface area (Å²) in [6.07, 6.45) is -4.97. The molecule has 2 aromatic heterocycles. The number of halogens is 4. The summed E-state index contributed by atoms with van der Waals surface area (Å²) in [6.45, 7) is 7.94. The number of aryl methyl sites for hydroxylation is 1. The van der Waals surface area contributed by atoms with Crippen LogP contribution in [0.25, 0.3) is 0 Å². The zero-order valence-corrected chi connectivity index (χ0v) is 18.2. The van der Waals surface area contributed by atoms with Gasteiger partial charge < -0.3 is 10.1 Å². The first-order valence-corrected chi connectivity index (χ1v) is 9.84. The first-order chi connectivity index (χ1) is 12.8. The van der Waals surface area contributed by atoms with Crippen molar-refractivity contribution in [3.63, 3.8) is 0 Å². The number of carbonyl (C=O) groups is 2. The summed E-state index contributed by atoms with van der Waals surface area (Å²) < 4.78 is 44.9. The second kappa shape index (κ2) is 8.24. The molecule has 0 fully saturated rings. The Morgan fingerprint density at radius 3 is 2.39 bits per heavy atom. The van der Waals surface area contributed by atoms with Crippen LogP contribution >= 0.6 is 27.3 Å². The van der Waals surface area contributed by atoms with Crippen molar-refractivity contribution in [2.45, 2.75) is 53.4 Å². The largest absolute Gasteiger partial charge is 0.459 e. The van der Waals surface area contributed by atoms with Gasteiger partial charge in [-0.05, 0) is 56.1 Å². The third-order valence-corrected chi connectivity index (χ3v) is 5.95. The van der Waals surface area contributed by atoms with Crippen LogP contribution in [0.5, 0.6) is 0 Å². The van der Waals surface area contributed by atoms with Crippen molar-refractivity contribution in [2.75, 3.05) is 5.32 Å². The van der Waals surface area contributed by atoms with Crippen molar-refractivity contribution in [1.82, 2.24) is 9.78 Å². The van der Waals surface area contributed by atoms with Crippen LogP contribution in [0, 0.1) is 20.8 Å². The number of amides is 1. The topological polar surface area (TPSA) is 73.2 Å². The SMILES string of the molecule is Cc1sc(NC(=O)Cn2nc(C(F)(F)F)c(Br)c2C)c(C(=O)OC(C)C)c1C. The minimum atomic E-state index is -4.64. The number of nitrogens with zero attached hydrogens (tertiary/aromatic N) is 2. The molecule has 2 rings (SSSR count). The minimum absolute atomic E-state index is 0.167. The minimum Gasteiger partial charge on any atom is -0.459 e. The predicted molar refractivity (Wildman–Crippen MR) is 103 cm³/mol. The Morgan fingerprint density at radius 1 is 1.29 bits per heavy atom. The highest BCUT2D eigenvalue weighted by atomic mass is 79.9. The summed E-state index contributed by atoms with van der Waals surface area (Å²) in [5.74, 6) is -1.17. The van der Waals surface area contributed by atoms with Gasteiger partial charge in [-0.1, -0.05) is 0 Å². The first-order valence-electron chi connectivity index (χ1n) is 8.23. The molecule has 2 aromatic rings. The molecule has 154 valence electrons. The Morgan fingerprint density at radius 2 is 1.89 bits per heavy atom. The van der Waals surface area contributed by atoms with E-state index < -0.39 is 30.3 Å². The number of rotatable bonds is 5. The normalized spacial score (nSPS) is 11.8. The van der Waals surface area contributed by atoms with Crippen molar-refractivity contribution in [2.24, 2.45) is 0 Å². The van der Waals surface area contributed by atoms with Gasteiger partial charge in [0, 0.05) is 4.88 Å². The number of carbonyl (C=O) groups excluding carboxylic acids is 2. The number of hydrogen-bond donors (Lipinski definition) is 1. The summed E-state index contributed by atoms with van der Waals surface area (Å²) in [4.78, 5) is 25.6. The lowest BCUT2D eigenvalue weighted by atomic mass is 10.1. The van der Waals surface area contributed by atoms with Crippen molar-refractivity contribution < 1.29 is 27.5 Å². The van der Waals surface area contributed by atoms with Gasteiger partial charge in [0.25, 0.3) is 0 Å². The number of thiophene rings is 1. The molecule has 11 heteroatoms. The van der Waals surface area contributed by atoms with Crippen LogP contribution < -0.4 is 5.32 Å². The number of nitrogens with one attached hydrogen (secondary N) is 1. The van der Waals surface area contributed by atoms with Crippen LogP contribution in [0.15, 0.2) is 4.47 Å². The number of aromatic nitrogens is 2. The molecular weight excluding hydrogens is 463 g/mol. The van der Waals surface area contributed by atoms with E-state index in [1.165, 1.54) is 18.3 Å². The Hall–Kier alpha value is -1.88. The quantitative estimate of drug-likeness (QED) is 0.619. The van der Waals surface area contributed by atoms with E-state index >= 15 is 0 Å². The lowest BCUT2D eigenvalue weighted by Crippen LogP contribution is -2.22. The van der Waals surface area contributed by atoms with Crippen LogP contribution in [0.2, 0.25) is 0 Å². The van der Waals surface area contributed by atoms with Gasteiger partial charge in [-0.3, -0.25) is 9.48 Å². The van der Waals surface area contributed by atoms with E-state index in [2.05, 4.69) is 26.3 Å². The van der Waals surface area contributed by atoms with E-state index in [-0.39, 0.29) is 21.8 Å². The number of alkyl halides is 3. The maximum absolute atomic E-state index is 13.0. The second-order valence-electron chi connectivity index (χ2n) is 6.39. The smallest absolute Gasteiger partial charge is 0.436 e. The average Bonchev–Trinajstić information content (AvgIpc) is 2.97. The molecule has 0 saturated carbocycles. The van der Waals surface area contributed by atoms with Gasteiger partial charge in [0.1, 0.15) is 11.5 Å². The lowest BCUT2D eigenvalue weighted by molar-refractivity contribution is -0.142. The van der Waals surface area contributed by atoms with Crippen LogP contribution in [0.3, 0.4) is 0 Å². The van der Waals surface area contributed by atoms with Gasteiger partial charge in [-0.2, -0.15) is 18.3 Å². The van der Waals surface area contributed by atoms with E-state index in [1.807, 2.05) is 0 Å². The molecule has 0 unspecified atom stereocenters. The highest BCUT2D eigenvalue weighted by molar-refractivity contribution is 9.10. The van der Waals surface area contributed by atoms with Gasteiger partial charge in [0.15, 0.2) is 5.69 Å².